The van der Waals surface area contributed by atoms with Crippen molar-refractivity contribution in [2.24, 2.45) is 5.92 Å². The summed E-state index contributed by atoms with van der Waals surface area (Å²) in [6.45, 7) is 5.12. The topological polar surface area (TPSA) is 77.8 Å². The summed E-state index contributed by atoms with van der Waals surface area (Å²) in [6, 6.07) is 0. The van der Waals surface area contributed by atoms with Crippen LogP contribution < -0.4 is 0 Å². The van der Waals surface area contributed by atoms with Crippen molar-refractivity contribution in [2.45, 2.75) is 200 Å². The molecule has 0 rings (SSSR count). The highest BCUT2D eigenvalue weighted by molar-refractivity contribution is 5.66. The van der Waals surface area contributed by atoms with Crippen molar-refractivity contribution >= 4 is 5.97 Å². The summed E-state index contributed by atoms with van der Waals surface area (Å²) in [4.78, 5) is 11.2. The van der Waals surface area contributed by atoms with Crippen molar-refractivity contribution in [1.29, 1.82) is 0 Å². The van der Waals surface area contributed by atoms with Crippen molar-refractivity contribution in [3.05, 3.63) is 0 Å². The van der Waals surface area contributed by atoms with Crippen LogP contribution in [0.3, 0.4) is 0 Å². The number of carbonyl (C=O) groups is 1. The molecule has 0 aromatic carbocycles. The first kappa shape index (κ1) is 40.5. The molecule has 3 N–H and O–H groups in total. The zero-order valence-corrected chi connectivity index (χ0v) is 26.7. The van der Waals surface area contributed by atoms with Crippen molar-refractivity contribution in [3.63, 3.8) is 0 Å². The molecule has 0 aliphatic heterocycles. The van der Waals surface area contributed by atoms with Gasteiger partial charge < -0.3 is 15.3 Å². The Hall–Kier alpha value is -0.610. The molecule has 0 radical (unpaired) electrons. The van der Waals surface area contributed by atoms with Crippen molar-refractivity contribution in [1.82, 2.24) is 0 Å². The van der Waals surface area contributed by atoms with Crippen LogP contribution in [0, 0.1) is 5.92 Å². The number of carboxylic acids is 1. The summed E-state index contributed by atoms with van der Waals surface area (Å²) < 4.78 is 0. The molecule has 39 heavy (non-hydrogen) atoms. The fourth-order valence-electron chi connectivity index (χ4n) is 5.37. The molecule has 1 unspecified atom stereocenters. The first-order valence-corrected chi connectivity index (χ1v) is 17.6. The molecule has 0 fully saturated rings. The molecule has 4 heteroatoms. The number of aliphatic hydroxyl groups excluding tert-OH is 2. The Bertz CT molecular complexity index is 434. The standard InChI is InChI=1S/C29H58O2.C6H14O2/c1-3-5-7-9-11-13-15-16-18-20-22-24-26-28(27-29(30)31)25-23-21-19-17-14-12-10-8-6-4-2;7-5-3-1-2-4-6-8/h28H,3-27H2,1-2H3,(H,30,31);7-8H,1-6H2. The molecule has 0 amide bonds. The highest BCUT2D eigenvalue weighted by Crippen LogP contribution is 2.22. The van der Waals surface area contributed by atoms with Crippen molar-refractivity contribution in [2.75, 3.05) is 13.2 Å². The summed E-state index contributed by atoms with van der Waals surface area (Å²) >= 11 is 0. The van der Waals surface area contributed by atoms with Gasteiger partial charge in [0.2, 0.25) is 0 Å². The molecule has 4 nitrogen and oxygen atoms in total. The van der Waals surface area contributed by atoms with E-state index in [4.69, 9.17) is 10.2 Å². The maximum atomic E-state index is 11.2. The van der Waals surface area contributed by atoms with Gasteiger partial charge in [-0.25, -0.2) is 0 Å². The third kappa shape index (κ3) is 39.6. The maximum absolute atomic E-state index is 11.2. The molecule has 0 aliphatic carbocycles. The molecule has 0 saturated heterocycles. The Morgan fingerprint density at radius 1 is 0.436 bits per heavy atom. The number of rotatable bonds is 31. The lowest BCUT2D eigenvalue weighted by atomic mass is 9.91. The lowest BCUT2D eigenvalue weighted by molar-refractivity contribution is -0.138. The average Bonchev–Trinajstić information content (AvgIpc) is 2.92. The highest BCUT2D eigenvalue weighted by atomic mass is 16.4. The minimum Gasteiger partial charge on any atom is -0.481 e. The molecule has 0 spiro atoms. The van der Waals surface area contributed by atoms with Gasteiger partial charge >= 0.3 is 5.97 Å². The van der Waals surface area contributed by atoms with E-state index in [2.05, 4.69) is 13.8 Å². The summed E-state index contributed by atoms with van der Waals surface area (Å²) in [5, 5.41) is 25.8. The highest BCUT2D eigenvalue weighted by Gasteiger charge is 2.12. The van der Waals surface area contributed by atoms with Crippen molar-refractivity contribution < 1.29 is 20.1 Å². The van der Waals surface area contributed by atoms with Crippen LogP contribution in [0.25, 0.3) is 0 Å². The van der Waals surface area contributed by atoms with E-state index in [1.165, 1.54) is 141 Å². The Morgan fingerprint density at radius 2 is 0.692 bits per heavy atom. The van der Waals surface area contributed by atoms with E-state index >= 15 is 0 Å². The summed E-state index contributed by atoms with van der Waals surface area (Å²) in [7, 11) is 0. The smallest absolute Gasteiger partial charge is 0.303 e. The minimum atomic E-state index is -0.601. The van der Waals surface area contributed by atoms with Gasteiger partial charge in [0.15, 0.2) is 0 Å². The quantitative estimate of drug-likeness (QED) is 0.0742. The molecular weight excluding hydrogens is 484 g/mol. The molecular formula is C35H72O4. The SMILES string of the molecule is CCCCCCCCCCCCCCC(CCCCCCCCCCCC)CC(=O)O.OCCCCCCO. The largest absolute Gasteiger partial charge is 0.481 e. The maximum Gasteiger partial charge on any atom is 0.303 e. The van der Waals surface area contributed by atoms with Gasteiger partial charge in [0.25, 0.3) is 0 Å². The third-order valence-corrected chi connectivity index (χ3v) is 7.96. The first-order valence-electron chi connectivity index (χ1n) is 17.6. The number of carboxylic acid groups (broad SMARTS) is 1. The molecule has 0 heterocycles. The molecule has 236 valence electrons. The fourth-order valence-corrected chi connectivity index (χ4v) is 5.37. The molecule has 1 atom stereocenters. The normalized spacial score (nSPS) is 11.8. The van der Waals surface area contributed by atoms with Gasteiger partial charge in [0, 0.05) is 19.6 Å². The Balaban J connectivity index is 0. The van der Waals surface area contributed by atoms with E-state index in [0.717, 1.165) is 38.5 Å². The Labute approximate surface area is 245 Å². The number of aliphatic hydroxyl groups is 2. The second-order valence-corrected chi connectivity index (χ2v) is 12.0. The number of unbranched alkanes of at least 4 members (excludes halogenated alkanes) is 23. The van der Waals surface area contributed by atoms with Crippen LogP contribution in [0.4, 0.5) is 0 Å². The van der Waals surface area contributed by atoms with Crippen LogP contribution in [0.5, 0.6) is 0 Å². The molecule has 0 aliphatic rings. The third-order valence-electron chi connectivity index (χ3n) is 7.96. The van der Waals surface area contributed by atoms with E-state index in [0.29, 0.717) is 12.3 Å². The number of hydrogen-bond acceptors (Lipinski definition) is 3. The predicted molar refractivity (Wildman–Crippen MR) is 171 cm³/mol. The van der Waals surface area contributed by atoms with E-state index in [1.807, 2.05) is 0 Å². The molecule has 0 saturated carbocycles. The van der Waals surface area contributed by atoms with E-state index in [9.17, 15) is 9.90 Å². The molecule has 0 aromatic heterocycles. The van der Waals surface area contributed by atoms with Crippen LogP contribution in [0.1, 0.15) is 200 Å². The van der Waals surface area contributed by atoms with Crippen molar-refractivity contribution in [3.8, 4) is 0 Å². The van der Waals surface area contributed by atoms with Gasteiger partial charge in [-0.3, -0.25) is 4.79 Å². The minimum absolute atomic E-state index is 0.283. The Kier molecular flexibility index (Phi) is 38.9. The second kappa shape index (κ2) is 37.4. The van der Waals surface area contributed by atoms with Gasteiger partial charge in [-0.2, -0.15) is 0 Å². The second-order valence-electron chi connectivity index (χ2n) is 12.0. The molecule has 0 aromatic rings. The van der Waals surface area contributed by atoms with Gasteiger partial charge in [-0.05, 0) is 31.6 Å². The van der Waals surface area contributed by atoms with Gasteiger partial charge in [0.1, 0.15) is 0 Å². The van der Waals surface area contributed by atoms with Gasteiger partial charge in [0.05, 0.1) is 0 Å². The predicted octanol–water partition coefficient (Wildman–Crippen LogP) is 11.0. The fraction of sp³-hybridized carbons (Fsp3) is 0.971. The Morgan fingerprint density at radius 3 is 0.949 bits per heavy atom. The lowest BCUT2D eigenvalue weighted by Crippen LogP contribution is -2.08. The number of aliphatic carboxylic acids is 1. The number of hydrogen-bond donors (Lipinski definition) is 3. The average molecular weight is 557 g/mol. The summed E-state index contributed by atoms with van der Waals surface area (Å²) in [5.41, 5.74) is 0. The van der Waals surface area contributed by atoms with E-state index < -0.39 is 5.97 Å². The van der Waals surface area contributed by atoms with E-state index in [1.54, 1.807) is 0 Å². The van der Waals surface area contributed by atoms with Gasteiger partial charge in [-0.15, -0.1) is 0 Å². The first-order chi connectivity index (χ1) is 19.1. The van der Waals surface area contributed by atoms with Crippen LogP contribution in [-0.4, -0.2) is 34.5 Å². The van der Waals surface area contributed by atoms with Crippen LogP contribution >= 0.6 is 0 Å². The van der Waals surface area contributed by atoms with Crippen LogP contribution in [0.2, 0.25) is 0 Å². The zero-order valence-electron chi connectivity index (χ0n) is 26.7. The van der Waals surface area contributed by atoms with E-state index in [-0.39, 0.29) is 13.2 Å². The lowest BCUT2D eigenvalue weighted by Gasteiger charge is -2.14. The monoisotopic (exact) mass is 557 g/mol. The van der Waals surface area contributed by atoms with Gasteiger partial charge in [-0.1, -0.05) is 168 Å². The summed E-state index contributed by atoms with van der Waals surface area (Å²) in [5.74, 6) is -0.189. The van der Waals surface area contributed by atoms with Crippen LogP contribution in [-0.2, 0) is 4.79 Å². The zero-order chi connectivity index (χ0) is 29.1. The molecule has 0 bridgehead atoms. The summed E-state index contributed by atoms with van der Waals surface area (Å²) in [6.07, 6.45) is 36.5. The van der Waals surface area contributed by atoms with Crippen LogP contribution in [0.15, 0.2) is 0 Å².